The summed E-state index contributed by atoms with van der Waals surface area (Å²) >= 11 is 0. The van der Waals surface area contributed by atoms with Crippen molar-refractivity contribution in [1.29, 1.82) is 0 Å². The van der Waals surface area contributed by atoms with Gasteiger partial charge in [-0.2, -0.15) is 0 Å². The van der Waals surface area contributed by atoms with Crippen LogP contribution < -0.4 is 4.74 Å². The summed E-state index contributed by atoms with van der Waals surface area (Å²) in [6, 6.07) is 27.0. The van der Waals surface area contributed by atoms with Gasteiger partial charge in [0.15, 0.2) is 0 Å². The fraction of sp³-hybridized carbons (Fsp3) is 0.333. The van der Waals surface area contributed by atoms with E-state index >= 15 is 0 Å². The van der Waals surface area contributed by atoms with Crippen molar-refractivity contribution in [2.75, 3.05) is 20.2 Å². The van der Waals surface area contributed by atoms with Crippen LogP contribution in [0.1, 0.15) is 52.7 Å². The van der Waals surface area contributed by atoms with Crippen molar-refractivity contribution in [1.82, 2.24) is 14.8 Å². The van der Waals surface area contributed by atoms with Gasteiger partial charge >= 0.3 is 0 Å². The lowest BCUT2D eigenvalue weighted by Gasteiger charge is -2.36. The molecule has 1 amide bonds. The number of benzene rings is 3. The van der Waals surface area contributed by atoms with Gasteiger partial charge < -0.3 is 9.64 Å². The van der Waals surface area contributed by atoms with Gasteiger partial charge in [0, 0.05) is 49.2 Å². The van der Waals surface area contributed by atoms with Gasteiger partial charge in [0.05, 0.1) is 12.1 Å². The molecule has 1 aromatic heterocycles. The quantitative estimate of drug-likeness (QED) is 0.255. The first-order chi connectivity index (χ1) is 18.6. The molecule has 1 unspecified atom stereocenters. The number of fused-ring (bicyclic) bond motifs is 1. The average Bonchev–Trinajstić information content (AvgIpc) is 2.94. The Bertz CT molecular complexity index is 1350. The van der Waals surface area contributed by atoms with Gasteiger partial charge in [-0.1, -0.05) is 48.0 Å². The minimum atomic E-state index is 0.142. The lowest BCUT2D eigenvalue weighted by atomic mass is 9.98. The van der Waals surface area contributed by atoms with Crippen molar-refractivity contribution in [2.45, 2.75) is 51.7 Å². The predicted octanol–water partition coefficient (Wildman–Crippen LogP) is 6.64. The number of amides is 1. The summed E-state index contributed by atoms with van der Waals surface area (Å²) in [5, 5.41) is 1.21. The molecule has 0 N–H and O–H groups in total. The molecule has 1 aliphatic heterocycles. The van der Waals surface area contributed by atoms with E-state index in [2.05, 4.69) is 70.4 Å². The number of likely N-dealkylation sites (tertiary alicyclic amines) is 1. The molecule has 0 spiro atoms. The molecule has 2 heterocycles. The summed E-state index contributed by atoms with van der Waals surface area (Å²) in [5.74, 6) is 1.02. The van der Waals surface area contributed by atoms with Crippen LogP contribution in [-0.4, -0.2) is 46.9 Å². The molecule has 5 heteroatoms. The van der Waals surface area contributed by atoms with Crippen molar-refractivity contribution in [3.8, 4) is 5.75 Å². The van der Waals surface area contributed by atoms with Crippen LogP contribution in [-0.2, 0) is 13.1 Å². The highest BCUT2D eigenvalue weighted by Crippen LogP contribution is 2.24. The number of carbonyl (C=O) groups is 1. The van der Waals surface area contributed by atoms with E-state index in [0.29, 0.717) is 6.61 Å². The van der Waals surface area contributed by atoms with Gasteiger partial charge in [0.25, 0.3) is 5.91 Å². The van der Waals surface area contributed by atoms with Crippen molar-refractivity contribution in [2.24, 2.45) is 0 Å². The van der Waals surface area contributed by atoms with E-state index in [1.807, 2.05) is 43.5 Å². The van der Waals surface area contributed by atoms with Crippen LogP contribution in [0.2, 0.25) is 0 Å². The smallest absolute Gasteiger partial charge is 0.254 e. The summed E-state index contributed by atoms with van der Waals surface area (Å²) < 4.78 is 6.10. The molecule has 5 nitrogen and oxygen atoms in total. The van der Waals surface area contributed by atoms with Gasteiger partial charge in [-0.25, -0.2) is 0 Å². The SMILES string of the molecule is Cc1ccc(C(=O)N2CCCCC2CCOc2ccc(CN(C)Cc3cccc4ncccc34)cc2)cc1. The van der Waals surface area contributed by atoms with E-state index < -0.39 is 0 Å². The van der Waals surface area contributed by atoms with E-state index in [-0.39, 0.29) is 11.9 Å². The highest BCUT2D eigenvalue weighted by molar-refractivity contribution is 5.94. The molecule has 1 atom stereocenters. The van der Waals surface area contributed by atoms with Crippen LogP contribution in [0.5, 0.6) is 5.75 Å². The number of piperidine rings is 1. The van der Waals surface area contributed by atoms with Gasteiger partial charge in [-0.15, -0.1) is 0 Å². The number of rotatable bonds is 9. The number of pyridine rings is 1. The minimum absolute atomic E-state index is 0.142. The fourth-order valence-corrected chi connectivity index (χ4v) is 5.40. The van der Waals surface area contributed by atoms with Crippen LogP contribution in [0.25, 0.3) is 10.9 Å². The Kier molecular flexibility index (Phi) is 8.34. The zero-order valence-corrected chi connectivity index (χ0v) is 22.5. The highest BCUT2D eigenvalue weighted by atomic mass is 16.5. The molecule has 5 rings (SSSR count). The number of carbonyl (C=O) groups excluding carboxylic acids is 1. The molecule has 1 saturated heterocycles. The van der Waals surface area contributed by atoms with E-state index in [9.17, 15) is 4.79 Å². The van der Waals surface area contributed by atoms with Crippen molar-refractivity contribution in [3.05, 3.63) is 107 Å². The van der Waals surface area contributed by atoms with Crippen LogP contribution in [0.4, 0.5) is 0 Å². The third kappa shape index (κ3) is 6.40. The standard InChI is InChI=1S/C33H37N3O2/c1-25-11-15-27(16-12-25)33(37)36-21-4-3-8-29(36)19-22-38-30-17-13-26(14-18-30)23-35(2)24-28-7-5-10-32-31(28)9-6-20-34-32/h5-7,9-18,20,29H,3-4,8,19,21-24H2,1-2H3. The number of hydrogen-bond acceptors (Lipinski definition) is 4. The molecule has 4 aromatic rings. The molecule has 1 fully saturated rings. The van der Waals surface area contributed by atoms with Crippen LogP contribution >= 0.6 is 0 Å². The summed E-state index contributed by atoms with van der Waals surface area (Å²) in [7, 11) is 2.15. The zero-order chi connectivity index (χ0) is 26.3. The van der Waals surface area contributed by atoms with Crippen LogP contribution in [0.3, 0.4) is 0 Å². The third-order valence-corrected chi connectivity index (χ3v) is 7.46. The zero-order valence-electron chi connectivity index (χ0n) is 22.5. The molecule has 3 aromatic carbocycles. The van der Waals surface area contributed by atoms with E-state index in [0.717, 1.165) is 55.7 Å². The third-order valence-electron chi connectivity index (χ3n) is 7.46. The normalized spacial score (nSPS) is 15.7. The maximum absolute atomic E-state index is 13.1. The predicted molar refractivity (Wildman–Crippen MR) is 153 cm³/mol. The second-order valence-corrected chi connectivity index (χ2v) is 10.5. The molecule has 0 saturated carbocycles. The first-order valence-corrected chi connectivity index (χ1v) is 13.7. The molecule has 1 aliphatic rings. The largest absolute Gasteiger partial charge is 0.494 e. The Hall–Kier alpha value is -3.70. The Morgan fingerprint density at radius 2 is 1.79 bits per heavy atom. The monoisotopic (exact) mass is 507 g/mol. The Morgan fingerprint density at radius 3 is 2.61 bits per heavy atom. The van der Waals surface area contributed by atoms with E-state index in [1.165, 1.54) is 28.5 Å². The molecular weight excluding hydrogens is 470 g/mol. The van der Waals surface area contributed by atoms with Crippen LogP contribution in [0, 0.1) is 6.92 Å². The van der Waals surface area contributed by atoms with Gasteiger partial charge in [0.2, 0.25) is 0 Å². The van der Waals surface area contributed by atoms with Gasteiger partial charge in [-0.05, 0) is 80.8 Å². The molecule has 196 valence electrons. The van der Waals surface area contributed by atoms with Gasteiger partial charge in [-0.3, -0.25) is 14.7 Å². The lowest BCUT2D eigenvalue weighted by Crippen LogP contribution is -2.44. The number of aromatic nitrogens is 1. The number of ether oxygens (including phenoxy) is 1. The topological polar surface area (TPSA) is 45.7 Å². The van der Waals surface area contributed by atoms with Crippen molar-refractivity contribution in [3.63, 3.8) is 0 Å². The fourth-order valence-electron chi connectivity index (χ4n) is 5.40. The number of hydrogen-bond donors (Lipinski definition) is 0. The highest BCUT2D eigenvalue weighted by Gasteiger charge is 2.27. The van der Waals surface area contributed by atoms with E-state index in [4.69, 9.17) is 4.74 Å². The summed E-state index contributed by atoms with van der Waals surface area (Å²) in [4.78, 5) is 22.0. The first kappa shape index (κ1) is 25.9. The first-order valence-electron chi connectivity index (χ1n) is 13.7. The summed E-state index contributed by atoms with van der Waals surface area (Å²) in [6.07, 6.45) is 5.97. The second-order valence-electron chi connectivity index (χ2n) is 10.5. The number of nitrogens with zero attached hydrogens (tertiary/aromatic N) is 3. The maximum atomic E-state index is 13.1. The number of aryl methyl sites for hydroxylation is 1. The lowest BCUT2D eigenvalue weighted by molar-refractivity contribution is 0.0580. The Labute approximate surface area is 226 Å². The molecule has 38 heavy (non-hydrogen) atoms. The molecule has 0 radical (unpaired) electrons. The van der Waals surface area contributed by atoms with Gasteiger partial charge in [0.1, 0.15) is 5.75 Å². The molecule has 0 bridgehead atoms. The second kappa shape index (κ2) is 12.2. The maximum Gasteiger partial charge on any atom is 0.254 e. The van der Waals surface area contributed by atoms with E-state index in [1.54, 1.807) is 0 Å². The Balaban J connectivity index is 1.12. The minimum Gasteiger partial charge on any atom is -0.494 e. The summed E-state index contributed by atoms with van der Waals surface area (Å²) in [5.41, 5.74) is 5.53. The average molecular weight is 508 g/mol. The van der Waals surface area contributed by atoms with Crippen molar-refractivity contribution < 1.29 is 9.53 Å². The van der Waals surface area contributed by atoms with Crippen LogP contribution in [0.15, 0.2) is 85.1 Å². The Morgan fingerprint density at radius 1 is 0.974 bits per heavy atom. The molecular formula is C33H37N3O2. The summed E-state index contributed by atoms with van der Waals surface area (Å²) in [6.45, 7) is 5.20. The molecule has 0 aliphatic carbocycles. The van der Waals surface area contributed by atoms with Crippen molar-refractivity contribution >= 4 is 16.8 Å².